The molecule has 7 heterocycles. The van der Waals surface area contributed by atoms with Crippen LogP contribution < -0.4 is 10.6 Å². The predicted molar refractivity (Wildman–Crippen MR) is 204 cm³/mol. The van der Waals surface area contributed by atoms with E-state index >= 15 is 0 Å². The van der Waals surface area contributed by atoms with Crippen LogP contribution >= 0.6 is 0 Å². The lowest BCUT2D eigenvalue weighted by Crippen LogP contribution is -2.56. The third kappa shape index (κ3) is 6.94. The summed E-state index contributed by atoms with van der Waals surface area (Å²) in [5.74, 6) is 0.879. The van der Waals surface area contributed by atoms with Gasteiger partial charge in [0, 0.05) is 61.3 Å². The first-order valence-corrected chi connectivity index (χ1v) is 19.6. The van der Waals surface area contributed by atoms with Gasteiger partial charge in [0.1, 0.15) is 12.1 Å². The van der Waals surface area contributed by atoms with Crippen molar-refractivity contribution in [2.45, 2.75) is 89.1 Å². The SMILES string of the molecule is Cc1[nH]cnc1C1CCN(C2CCN(C(=O)[C@@H](Cc3cc(C)c4[nH]ncc4c3)NC(=O)N3CCC(C4=Cc5ccccc5NC5OC45)CC3)CC2)CC1. The van der Waals surface area contributed by atoms with Gasteiger partial charge in [-0.25, -0.2) is 9.78 Å². The number of nitrogens with zero attached hydrogens (tertiary/aromatic N) is 5. The normalized spacial score (nSPS) is 23.5. The Morgan fingerprint density at radius 1 is 0.943 bits per heavy atom. The molecule has 0 spiro atoms. The standard InChI is InChI=1S/C41H51N9O3/c1-25-19-27(20-31-23-44-47-36(25)31)21-35(40(51)49-17-11-32(12-18-49)48-13-9-29(10-14-48)37-26(2)42-24-43-37)46-41(52)50-15-7-28(8-16-50)33-22-30-5-3-4-6-34(30)45-39-38(33)53-39/h3-6,19-20,22-24,28-29,32,35,38-39,45H,7-18,21H2,1-2H3,(H,42,43)(H,44,47)(H,46,52)/t35-,38?,39?/m1/s1. The molecule has 0 aliphatic carbocycles. The third-order valence-corrected chi connectivity index (χ3v) is 12.6. The molecular weight excluding hydrogens is 667 g/mol. The molecule has 53 heavy (non-hydrogen) atoms. The monoisotopic (exact) mass is 717 g/mol. The fourth-order valence-electron chi connectivity index (χ4n) is 9.51. The van der Waals surface area contributed by atoms with E-state index in [0.717, 1.165) is 79.3 Å². The molecule has 4 fully saturated rings. The zero-order valence-corrected chi connectivity index (χ0v) is 30.8. The number of imidazole rings is 1. The van der Waals surface area contributed by atoms with Crippen molar-refractivity contribution in [3.63, 3.8) is 0 Å². The average Bonchev–Trinajstić information content (AvgIpc) is 3.57. The summed E-state index contributed by atoms with van der Waals surface area (Å²) in [6.07, 6.45) is 12.4. The summed E-state index contributed by atoms with van der Waals surface area (Å²) in [6, 6.07) is 12.2. The molecule has 2 unspecified atom stereocenters. The van der Waals surface area contributed by atoms with Gasteiger partial charge >= 0.3 is 6.03 Å². The van der Waals surface area contributed by atoms with Crippen LogP contribution in [-0.2, 0) is 16.0 Å². The lowest BCUT2D eigenvalue weighted by molar-refractivity contribution is -0.135. The first-order valence-electron chi connectivity index (χ1n) is 19.6. The number of anilines is 1. The maximum absolute atomic E-state index is 14.4. The van der Waals surface area contributed by atoms with E-state index in [1.54, 1.807) is 0 Å². The summed E-state index contributed by atoms with van der Waals surface area (Å²) >= 11 is 0. The van der Waals surface area contributed by atoms with Gasteiger partial charge in [-0.15, -0.1) is 0 Å². The van der Waals surface area contributed by atoms with E-state index in [1.165, 1.54) is 22.5 Å². The Bertz CT molecular complexity index is 2000. The largest absolute Gasteiger partial charge is 0.357 e. The molecule has 0 bridgehead atoms. The first-order chi connectivity index (χ1) is 25.9. The quantitative estimate of drug-likeness (QED) is 0.190. The number of likely N-dealkylation sites (tertiary alicyclic amines) is 3. The maximum atomic E-state index is 14.4. The van der Waals surface area contributed by atoms with E-state index in [2.05, 4.69) is 86.0 Å². The summed E-state index contributed by atoms with van der Waals surface area (Å²) < 4.78 is 6.01. The highest BCUT2D eigenvalue weighted by molar-refractivity contribution is 5.88. The minimum Gasteiger partial charge on any atom is -0.357 e. The topological polar surface area (TPSA) is 138 Å². The zero-order valence-electron chi connectivity index (χ0n) is 30.8. The second-order valence-electron chi connectivity index (χ2n) is 15.8. The van der Waals surface area contributed by atoms with Gasteiger partial charge in [-0.2, -0.15) is 5.10 Å². The number of aryl methyl sites for hydroxylation is 2. The first kappa shape index (κ1) is 34.1. The lowest BCUT2D eigenvalue weighted by Gasteiger charge is -2.42. The van der Waals surface area contributed by atoms with E-state index in [4.69, 9.17) is 4.74 Å². The summed E-state index contributed by atoms with van der Waals surface area (Å²) in [5.41, 5.74) is 9.13. The van der Waals surface area contributed by atoms with Crippen molar-refractivity contribution >= 4 is 34.6 Å². The average molecular weight is 718 g/mol. The second-order valence-corrected chi connectivity index (χ2v) is 15.8. The number of benzene rings is 2. The minimum atomic E-state index is -0.652. The molecule has 12 heteroatoms. The van der Waals surface area contributed by atoms with Gasteiger partial charge in [-0.3, -0.25) is 9.89 Å². The summed E-state index contributed by atoms with van der Waals surface area (Å²) in [6.45, 7) is 9.00. The number of carbonyl (C=O) groups excluding carboxylic acids is 2. The van der Waals surface area contributed by atoms with E-state index in [1.807, 2.05) is 28.4 Å². The number of epoxide rings is 1. The van der Waals surface area contributed by atoms with Crippen molar-refractivity contribution in [1.82, 2.24) is 40.2 Å². The molecule has 278 valence electrons. The van der Waals surface area contributed by atoms with Gasteiger partial charge in [-0.1, -0.05) is 30.3 Å². The van der Waals surface area contributed by atoms with Gasteiger partial charge in [-0.05, 0) is 106 Å². The summed E-state index contributed by atoms with van der Waals surface area (Å²) in [5, 5.41) is 15.1. The highest BCUT2D eigenvalue weighted by Gasteiger charge is 2.46. The van der Waals surface area contributed by atoms with Crippen LogP contribution in [0.3, 0.4) is 0 Å². The number of aromatic amines is 2. The fourth-order valence-corrected chi connectivity index (χ4v) is 9.51. The molecule has 2 aromatic heterocycles. The van der Waals surface area contributed by atoms with Crippen LogP contribution in [0.2, 0.25) is 0 Å². The van der Waals surface area contributed by atoms with Crippen LogP contribution in [0.5, 0.6) is 0 Å². The molecule has 3 atom stereocenters. The number of aromatic nitrogens is 4. The predicted octanol–water partition coefficient (Wildman–Crippen LogP) is 5.34. The fraction of sp³-hybridized carbons (Fsp3) is 0.512. The van der Waals surface area contributed by atoms with Crippen molar-refractivity contribution in [1.29, 1.82) is 0 Å². The van der Waals surface area contributed by atoms with Crippen LogP contribution in [0.25, 0.3) is 17.0 Å². The number of urea groups is 1. The molecule has 4 saturated heterocycles. The van der Waals surface area contributed by atoms with Gasteiger partial charge in [0.2, 0.25) is 5.91 Å². The highest BCUT2D eigenvalue weighted by Crippen LogP contribution is 2.42. The Hall–Kier alpha value is -4.68. The van der Waals surface area contributed by atoms with E-state index in [0.29, 0.717) is 50.5 Å². The van der Waals surface area contributed by atoms with Crippen molar-refractivity contribution in [3.05, 3.63) is 82.6 Å². The zero-order chi connectivity index (χ0) is 36.1. The van der Waals surface area contributed by atoms with Gasteiger partial charge in [0.15, 0.2) is 6.23 Å². The van der Waals surface area contributed by atoms with E-state index in [-0.39, 0.29) is 24.3 Å². The molecule has 5 aliphatic heterocycles. The number of nitrogens with one attached hydrogen (secondary N) is 4. The summed E-state index contributed by atoms with van der Waals surface area (Å²) in [7, 11) is 0. The van der Waals surface area contributed by atoms with Gasteiger partial charge in [0.25, 0.3) is 0 Å². The molecule has 0 radical (unpaired) electrons. The van der Waals surface area contributed by atoms with Crippen molar-refractivity contribution in [2.24, 2.45) is 5.92 Å². The van der Waals surface area contributed by atoms with Crippen LogP contribution in [-0.4, -0.2) is 110 Å². The number of carbonyl (C=O) groups is 2. The molecule has 3 amide bonds. The Morgan fingerprint density at radius 2 is 1.70 bits per heavy atom. The highest BCUT2D eigenvalue weighted by atomic mass is 16.6. The molecule has 4 N–H and O–H groups in total. The van der Waals surface area contributed by atoms with Crippen molar-refractivity contribution in [2.75, 3.05) is 44.6 Å². The molecule has 0 saturated carbocycles. The maximum Gasteiger partial charge on any atom is 0.318 e. The van der Waals surface area contributed by atoms with Crippen molar-refractivity contribution < 1.29 is 14.3 Å². The second kappa shape index (κ2) is 14.3. The van der Waals surface area contributed by atoms with E-state index in [9.17, 15) is 9.59 Å². The number of amides is 3. The molecule has 9 rings (SSSR count). The molecule has 12 nitrogen and oxygen atoms in total. The Morgan fingerprint density at radius 3 is 2.47 bits per heavy atom. The number of H-pyrrole nitrogens is 2. The smallest absolute Gasteiger partial charge is 0.318 e. The third-order valence-electron chi connectivity index (χ3n) is 12.6. The number of para-hydroxylation sites is 1. The van der Waals surface area contributed by atoms with Gasteiger partial charge in [0.05, 0.1) is 23.7 Å². The Balaban J connectivity index is 0.846. The number of ether oxygens (including phenoxy) is 1. The Labute approximate surface area is 310 Å². The van der Waals surface area contributed by atoms with Crippen molar-refractivity contribution in [3.8, 4) is 0 Å². The molecule has 2 aromatic carbocycles. The van der Waals surface area contributed by atoms with Crippen LogP contribution in [0.4, 0.5) is 10.5 Å². The lowest BCUT2D eigenvalue weighted by atomic mass is 9.86. The molecule has 5 aliphatic rings. The number of fused-ring (bicyclic) bond motifs is 3. The van der Waals surface area contributed by atoms with Gasteiger partial charge < -0.3 is 35.1 Å². The molecular formula is C41H51N9O3. The van der Waals surface area contributed by atoms with E-state index < -0.39 is 6.04 Å². The number of hydrogen-bond acceptors (Lipinski definition) is 7. The van der Waals surface area contributed by atoms with Crippen LogP contribution in [0, 0.1) is 19.8 Å². The van der Waals surface area contributed by atoms with Crippen LogP contribution in [0.15, 0.2) is 54.5 Å². The molecule has 4 aromatic rings. The minimum absolute atomic E-state index is 0.0102. The number of rotatable bonds is 7. The number of piperidine rings is 3. The van der Waals surface area contributed by atoms with Crippen LogP contribution in [0.1, 0.15) is 72.5 Å². The summed E-state index contributed by atoms with van der Waals surface area (Å²) in [4.78, 5) is 42.7. The Kier molecular flexibility index (Phi) is 9.19. The number of hydrogen-bond donors (Lipinski definition) is 4.